The Morgan fingerprint density at radius 2 is 1.42 bits per heavy atom. The van der Waals surface area contributed by atoms with E-state index in [9.17, 15) is 14.4 Å². The number of hydrogen-bond acceptors (Lipinski definition) is 6. The van der Waals surface area contributed by atoms with Crippen LogP contribution in [-0.4, -0.2) is 54.8 Å². The molecule has 0 amide bonds. The number of aliphatic carboxylic acids is 1. The number of carbonyl (C=O) groups is 3. The van der Waals surface area contributed by atoms with Crippen molar-refractivity contribution in [1.29, 1.82) is 0 Å². The number of rotatable bonds is 5. The largest absolute Gasteiger partial charge is 0.479 e. The van der Waals surface area contributed by atoms with Crippen molar-refractivity contribution >= 4 is 17.7 Å². The van der Waals surface area contributed by atoms with Gasteiger partial charge in [0.25, 0.3) is 0 Å². The quantitative estimate of drug-likeness (QED) is 0.582. The van der Waals surface area contributed by atoms with Crippen LogP contribution in [0.25, 0.3) is 11.1 Å². The van der Waals surface area contributed by atoms with E-state index in [2.05, 4.69) is 4.98 Å². The topological polar surface area (TPSA) is 145 Å². The van der Waals surface area contributed by atoms with Gasteiger partial charge < -0.3 is 20.4 Å². The molecule has 1 aromatic carbocycles. The van der Waals surface area contributed by atoms with Gasteiger partial charge in [0.2, 0.25) is 11.4 Å². The fraction of sp³-hybridized carbons (Fsp3) is 0.222. The summed E-state index contributed by atoms with van der Waals surface area (Å²) in [5, 5.41) is 34.6. The zero-order chi connectivity index (χ0) is 19.9. The van der Waals surface area contributed by atoms with Gasteiger partial charge in [-0.1, -0.05) is 12.1 Å². The van der Waals surface area contributed by atoms with E-state index in [1.165, 1.54) is 0 Å². The molecule has 2 unspecified atom stereocenters. The minimum atomic E-state index is -2.49. The smallest absolute Gasteiger partial charge is 0.343 e. The zero-order valence-corrected chi connectivity index (χ0v) is 14.2. The summed E-state index contributed by atoms with van der Waals surface area (Å²) >= 11 is 0. The molecule has 0 spiro atoms. The van der Waals surface area contributed by atoms with E-state index in [-0.39, 0.29) is 0 Å². The van der Waals surface area contributed by atoms with Gasteiger partial charge in [0, 0.05) is 12.4 Å². The number of hydrogen-bond donors (Lipinski definition) is 4. The summed E-state index contributed by atoms with van der Waals surface area (Å²) in [5.74, 6) is -3.69. The minimum Gasteiger partial charge on any atom is -0.479 e. The summed E-state index contributed by atoms with van der Waals surface area (Å²) in [4.78, 5) is 35.5. The van der Waals surface area contributed by atoms with E-state index in [1.54, 1.807) is 36.7 Å². The SMILES string of the molecule is CC(O)C(=O)C(C)(O)C(=O)O.O=C(O)c1ccc(-c2ccncc2)cc1. The number of benzene rings is 1. The molecule has 0 saturated carbocycles. The van der Waals surface area contributed by atoms with Gasteiger partial charge in [-0.25, -0.2) is 9.59 Å². The third kappa shape index (κ3) is 5.47. The van der Waals surface area contributed by atoms with Crippen LogP contribution in [0.1, 0.15) is 24.2 Å². The number of aliphatic hydroxyl groups is 2. The predicted molar refractivity (Wildman–Crippen MR) is 91.6 cm³/mol. The molecule has 0 aliphatic heterocycles. The first kappa shape index (κ1) is 20.9. The number of carboxylic acids is 2. The van der Waals surface area contributed by atoms with Gasteiger partial charge in [-0.2, -0.15) is 0 Å². The fourth-order valence-electron chi connectivity index (χ4n) is 1.86. The third-order valence-corrected chi connectivity index (χ3v) is 3.42. The van der Waals surface area contributed by atoms with Crippen LogP contribution >= 0.6 is 0 Å². The van der Waals surface area contributed by atoms with Crippen molar-refractivity contribution in [2.24, 2.45) is 0 Å². The third-order valence-electron chi connectivity index (χ3n) is 3.42. The Morgan fingerprint density at radius 1 is 0.962 bits per heavy atom. The second kappa shape index (κ2) is 8.84. The number of nitrogens with zero attached hydrogens (tertiary/aromatic N) is 1. The number of aromatic carboxylic acids is 1. The molecule has 2 atom stereocenters. The maximum Gasteiger partial charge on any atom is 0.343 e. The first-order valence-electron chi connectivity index (χ1n) is 7.49. The fourth-order valence-corrected chi connectivity index (χ4v) is 1.86. The molecule has 0 saturated heterocycles. The number of carbonyl (C=O) groups excluding carboxylic acids is 1. The normalized spacial score (nSPS) is 13.5. The van der Waals surface area contributed by atoms with E-state index in [4.69, 9.17) is 20.4 Å². The first-order valence-corrected chi connectivity index (χ1v) is 7.49. The van der Waals surface area contributed by atoms with Gasteiger partial charge in [0.1, 0.15) is 6.10 Å². The molecular weight excluding hydrogens is 342 g/mol. The van der Waals surface area contributed by atoms with Crippen molar-refractivity contribution in [2.75, 3.05) is 0 Å². The molecule has 1 heterocycles. The van der Waals surface area contributed by atoms with Gasteiger partial charge in [-0.3, -0.25) is 9.78 Å². The van der Waals surface area contributed by atoms with Crippen LogP contribution in [-0.2, 0) is 9.59 Å². The molecule has 0 fully saturated rings. The highest BCUT2D eigenvalue weighted by Gasteiger charge is 2.40. The number of aliphatic hydroxyl groups excluding tert-OH is 1. The molecule has 0 aliphatic rings. The minimum absolute atomic E-state index is 0.299. The summed E-state index contributed by atoms with van der Waals surface area (Å²) in [6, 6.07) is 10.5. The Hall–Kier alpha value is -3.10. The highest BCUT2D eigenvalue weighted by Crippen LogP contribution is 2.18. The summed E-state index contributed by atoms with van der Waals surface area (Å²) in [6.45, 7) is 1.92. The van der Waals surface area contributed by atoms with E-state index in [1.807, 2.05) is 12.1 Å². The number of aromatic nitrogens is 1. The number of carboxylic acid groups (broad SMARTS) is 2. The second-order valence-corrected chi connectivity index (χ2v) is 5.54. The lowest BCUT2D eigenvalue weighted by molar-refractivity contribution is -0.166. The van der Waals surface area contributed by atoms with Gasteiger partial charge in [0.15, 0.2) is 0 Å². The van der Waals surface area contributed by atoms with Crippen LogP contribution in [0.4, 0.5) is 0 Å². The lowest BCUT2D eigenvalue weighted by atomic mass is 9.98. The van der Waals surface area contributed by atoms with Crippen molar-refractivity contribution in [2.45, 2.75) is 25.6 Å². The van der Waals surface area contributed by atoms with Gasteiger partial charge in [-0.15, -0.1) is 0 Å². The Kier molecular flexibility index (Phi) is 7.12. The molecule has 0 radical (unpaired) electrons. The standard InChI is InChI=1S/C12H9NO2.C6H10O5/c14-12(15)11-3-1-9(2-4-11)10-5-7-13-8-6-10;1-3(7)4(8)6(2,11)5(9)10/h1-8H,(H,14,15);3,7,11H,1-2H3,(H,9,10). The van der Waals surface area contributed by atoms with E-state index >= 15 is 0 Å². The van der Waals surface area contributed by atoms with Crippen LogP contribution in [0.2, 0.25) is 0 Å². The molecular formula is C18H19NO7. The van der Waals surface area contributed by atoms with E-state index < -0.39 is 29.4 Å². The Morgan fingerprint density at radius 3 is 1.77 bits per heavy atom. The van der Waals surface area contributed by atoms with Gasteiger partial charge in [-0.05, 0) is 49.2 Å². The average Bonchev–Trinajstić information content (AvgIpc) is 2.62. The number of Topliss-reactive ketones (excluding diaryl/α,β-unsaturated/α-hetero) is 1. The number of ketones is 1. The van der Waals surface area contributed by atoms with Crippen LogP contribution in [0, 0.1) is 0 Å². The molecule has 8 nitrogen and oxygen atoms in total. The molecule has 26 heavy (non-hydrogen) atoms. The van der Waals surface area contributed by atoms with Gasteiger partial charge in [0.05, 0.1) is 5.56 Å². The zero-order valence-electron chi connectivity index (χ0n) is 14.2. The average molecular weight is 361 g/mol. The van der Waals surface area contributed by atoms with Crippen molar-refractivity contribution in [3.8, 4) is 11.1 Å². The molecule has 138 valence electrons. The maximum atomic E-state index is 10.7. The Balaban J connectivity index is 0.000000276. The van der Waals surface area contributed by atoms with Gasteiger partial charge >= 0.3 is 11.9 Å². The maximum absolute atomic E-state index is 10.7. The number of pyridine rings is 1. The molecule has 2 rings (SSSR count). The summed E-state index contributed by atoms with van der Waals surface area (Å²) in [5.41, 5.74) is -0.175. The van der Waals surface area contributed by atoms with Crippen LogP contribution in [0.15, 0.2) is 48.8 Å². The second-order valence-electron chi connectivity index (χ2n) is 5.54. The van der Waals surface area contributed by atoms with Crippen molar-refractivity contribution in [3.63, 3.8) is 0 Å². The molecule has 8 heteroatoms. The molecule has 0 aliphatic carbocycles. The lowest BCUT2D eigenvalue weighted by Crippen LogP contribution is -2.48. The summed E-state index contributed by atoms with van der Waals surface area (Å²) < 4.78 is 0. The van der Waals surface area contributed by atoms with E-state index in [0.717, 1.165) is 25.0 Å². The van der Waals surface area contributed by atoms with Crippen LogP contribution in [0.5, 0.6) is 0 Å². The highest BCUT2D eigenvalue weighted by atomic mass is 16.4. The van der Waals surface area contributed by atoms with Crippen molar-refractivity contribution in [1.82, 2.24) is 4.98 Å². The van der Waals surface area contributed by atoms with Crippen LogP contribution < -0.4 is 0 Å². The highest BCUT2D eigenvalue weighted by molar-refractivity contribution is 6.07. The monoisotopic (exact) mass is 361 g/mol. The van der Waals surface area contributed by atoms with Crippen LogP contribution in [0.3, 0.4) is 0 Å². The first-order chi connectivity index (χ1) is 12.1. The van der Waals surface area contributed by atoms with Crippen molar-refractivity contribution < 1.29 is 34.8 Å². The van der Waals surface area contributed by atoms with Crippen molar-refractivity contribution in [3.05, 3.63) is 54.4 Å². The Labute approximate surface area is 149 Å². The predicted octanol–water partition coefficient (Wildman–Crippen LogP) is 1.22. The molecule has 2 aromatic rings. The van der Waals surface area contributed by atoms with E-state index in [0.29, 0.717) is 5.56 Å². The summed E-state index contributed by atoms with van der Waals surface area (Å²) in [6.07, 6.45) is 1.95. The summed E-state index contributed by atoms with van der Waals surface area (Å²) in [7, 11) is 0. The molecule has 4 N–H and O–H groups in total. The Bertz CT molecular complexity index is 768. The molecule has 0 bridgehead atoms. The lowest BCUT2D eigenvalue weighted by Gasteiger charge is -2.17. The molecule has 1 aromatic heterocycles.